The molecule has 3 nitrogen and oxygen atoms in total. The summed E-state index contributed by atoms with van der Waals surface area (Å²) >= 11 is 1.66. The van der Waals surface area contributed by atoms with Crippen LogP contribution in [0.5, 0.6) is 0 Å². The van der Waals surface area contributed by atoms with Crippen molar-refractivity contribution in [1.82, 2.24) is 9.97 Å². The molecule has 2 aromatic rings. The fourth-order valence-corrected chi connectivity index (χ4v) is 1.77. The van der Waals surface area contributed by atoms with Gasteiger partial charge in [-0.1, -0.05) is 0 Å². The number of aromatic nitrogens is 2. The van der Waals surface area contributed by atoms with Gasteiger partial charge in [0.2, 0.25) is 0 Å². The van der Waals surface area contributed by atoms with Gasteiger partial charge < -0.3 is 5.32 Å². The van der Waals surface area contributed by atoms with Crippen molar-refractivity contribution in [3.63, 3.8) is 0 Å². The maximum Gasteiger partial charge on any atom is 0.152 e. The Balaban J connectivity index is 2.51. The number of nitrogens with one attached hydrogen (secondary N) is 1. The molecule has 2 aromatic heterocycles. The number of thiophene rings is 1. The zero-order chi connectivity index (χ0) is 9.10. The van der Waals surface area contributed by atoms with E-state index in [0.29, 0.717) is 0 Å². The Hall–Kier alpha value is -1.42. The molecule has 0 aliphatic carbocycles. The predicted octanol–water partition coefficient (Wildman–Crippen LogP) is 2.25. The van der Waals surface area contributed by atoms with Crippen LogP contribution in [0.25, 0.3) is 11.3 Å². The van der Waals surface area contributed by atoms with Crippen LogP contribution in [-0.4, -0.2) is 17.0 Å². The summed E-state index contributed by atoms with van der Waals surface area (Å²) in [7, 11) is 1.85. The summed E-state index contributed by atoms with van der Waals surface area (Å²) in [6, 6.07) is 2.04. The molecular weight excluding hydrogens is 182 g/mol. The molecule has 0 saturated heterocycles. The molecule has 0 aliphatic rings. The SMILES string of the molecule is CNc1nccnc1-c1ccsc1. The van der Waals surface area contributed by atoms with Crippen LogP contribution >= 0.6 is 11.3 Å². The minimum atomic E-state index is 0.820. The van der Waals surface area contributed by atoms with Gasteiger partial charge in [-0.3, -0.25) is 4.98 Å². The molecular formula is C9H9N3S. The van der Waals surface area contributed by atoms with Gasteiger partial charge >= 0.3 is 0 Å². The molecule has 1 N–H and O–H groups in total. The lowest BCUT2D eigenvalue weighted by atomic mass is 10.2. The summed E-state index contributed by atoms with van der Waals surface area (Å²) in [4.78, 5) is 8.46. The van der Waals surface area contributed by atoms with Crippen molar-refractivity contribution in [2.75, 3.05) is 12.4 Å². The quantitative estimate of drug-likeness (QED) is 0.791. The lowest BCUT2D eigenvalue weighted by molar-refractivity contribution is 1.19. The summed E-state index contributed by atoms with van der Waals surface area (Å²) in [5.41, 5.74) is 2.02. The highest BCUT2D eigenvalue weighted by molar-refractivity contribution is 7.08. The van der Waals surface area contributed by atoms with Crippen molar-refractivity contribution in [2.45, 2.75) is 0 Å². The Morgan fingerprint density at radius 1 is 1.31 bits per heavy atom. The minimum Gasteiger partial charge on any atom is -0.371 e. The van der Waals surface area contributed by atoms with Crippen LogP contribution in [0.4, 0.5) is 5.82 Å². The van der Waals surface area contributed by atoms with Gasteiger partial charge in [0, 0.05) is 30.4 Å². The van der Waals surface area contributed by atoms with Crippen molar-refractivity contribution in [3.05, 3.63) is 29.2 Å². The van der Waals surface area contributed by atoms with Crippen molar-refractivity contribution in [3.8, 4) is 11.3 Å². The Morgan fingerprint density at radius 3 is 2.85 bits per heavy atom. The molecule has 13 heavy (non-hydrogen) atoms. The van der Waals surface area contributed by atoms with Crippen molar-refractivity contribution in [2.24, 2.45) is 0 Å². The summed E-state index contributed by atoms with van der Waals surface area (Å²) in [6.07, 6.45) is 3.38. The summed E-state index contributed by atoms with van der Waals surface area (Å²) < 4.78 is 0. The van der Waals surface area contributed by atoms with Gasteiger partial charge in [0.1, 0.15) is 5.69 Å². The standard InChI is InChI=1S/C9H9N3S/c1-10-9-8(11-3-4-12-9)7-2-5-13-6-7/h2-6H,1H3,(H,10,12). The molecule has 0 fully saturated rings. The van der Waals surface area contributed by atoms with E-state index in [2.05, 4.69) is 20.7 Å². The Labute approximate surface area is 80.5 Å². The number of anilines is 1. The Kier molecular flexibility index (Phi) is 2.23. The fraction of sp³-hybridized carbons (Fsp3) is 0.111. The molecule has 4 heteroatoms. The first kappa shape index (κ1) is 8.19. The third kappa shape index (κ3) is 1.53. The zero-order valence-corrected chi connectivity index (χ0v) is 8.01. The number of hydrogen-bond donors (Lipinski definition) is 1. The van der Waals surface area contributed by atoms with Crippen LogP contribution in [0, 0.1) is 0 Å². The molecule has 0 atom stereocenters. The van der Waals surface area contributed by atoms with Gasteiger partial charge in [-0.05, 0) is 11.4 Å². The van der Waals surface area contributed by atoms with E-state index in [9.17, 15) is 0 Å². The molecule has 0 unspecified atom stereocenters. The average Bonchev–Trinajstić information content (AvgIpc) is 2.70. The predicted molar refractivity (Wildman–Crippen MR) is 54.9 cm³/mol. The molecule has 0 spiro atoms. The first-order chi connectivity index (χ1) is 6.42. The second kappa shape index (κ2) is 3.53. The zero-order valence-electron chi connectivity index (χ0n) is 7.19. The van der Waals surface area contributed by atoms with E-state index in [1.165, 1.54) is 0 Å². The molecule has 2 rings (SSSR count). The average molecular weight is 191 g/mol. The number of hydrogen-bond acceptors (Lipinski definition) is 4. The topological polar surface area (TPSA) is 37.8 Å². The largest absolute Gasteiger partial charge is 0.371 e. The van der Waals surface area contributed by atoms with Gasteiger partial charge in [0.05, 0.1) is 0 Å². The minimum absolute atomic E-state index is 0.820. The Morgan fingerprint density at radius 2 is 2.15 bits per heavy atom. The molecule has 2 heterocycles. The molecule has 0 aromatic carbocycles. The van der Waals surface area contributed by atoms with Gasteiger partial charge in [0.15, 0.2) is 5.82 Å². The summed E-state index contributed by atoms with van der Waals surface area (Å²) in [5.74, 6) is 0.820. The van der Waals surface area contributed by atoms with Crippen LogP contribution in [0.15, 0.2) is 29.2 Å². The van der Waals surface area contributed by atoms with Crippen LogP contribution < -0.4 is 5.32 Å². The maximum atomic E-state index is 4.27. The van der Waals surface area contributed by atoms with Crippen LogP contribution in [0.2, 0.25) is 0 Å². The van der Waals surface area contributed by atoms with Crippen molar-refractivity contribution >= 4 is 17.2 Å². The highest BCUT2D eigenvalue weighted by atomic mass is 32.1. The smallest absolute Gasteiger partial charge is 0.152 e. The molecule has 0 bridgehead atoms. The van der Waals surface area contributed by atoms with Crippen LogP contribution in [0.1, 0.15) is 0 Å². The van der Waals surface area contributed by atoms with E-state index < -0.39 is 0 Å². The van der Waals surface area contributed by atoms with Gasteiger partial charge in [-0.2, -0.15) is 11.3 Å². The van der Waals surface area contributed by atoms with E-state index in [1.54, 1.807) is 23.7 Å². The third-order valence-corrected chi connectivity index (χ3v) is 2.41. The van der Waals surface area contributed by atoms with Gasteiger partial charge in [-0.25, -0.2) is 4.98 Å². The van der Waals surface area contributed by atoms with Crippen LogP contribution in [-0.2, 0) is 0 Å². The normalized spacial score (nSPS) is 9.92. The monoisotopic (exact) mass is 191 g/mol. The second-order valence-corrected chi connectivity index (χ2v) is 3.30. The lowest BCUT2D eigenvalue weighted by Crippen LogP contribution is -1.96. The maximum absolute atomic E-state index is 4.27. The summed E-state index contributed by atoms with van der Waals surface area (Å²) in [6.45, 7) is 0. The van der Waals surface area contributed by atoms with Gasteiger partial charge in [-0.15, -0.1) is 0 Å². The first-order valence-corrected chi connectivity index (χ1v) is 4.87. The highest BCUT2D eigenvalue weighted by Gasteiger charge is 2.05. The molecule has 0 radical (unpaired) electrons. The second-order valence-electron chi connectivity index (χ2n) is 2.52. The van der Waals surface area contributed by atoms with E-state index in [-0.39, 0.29) is 0 Å². The Bertz CT molecular complexity index is 384. The third-order valence-electron chi connectivity index (χ3n) is 1.73. The fourth-order valence-electron chi connectivity index (χ4n) is 1.13. The first-order valence-electron chi connectivity index (χ1n) is 3.93. The van der Waals surface area contributed by atoms with Crippen molar-refractivity contribution in [1.29, 1.82) is 0 Å². The van der Waals surface area contributed by atoms with E-state index in [0.717, 1.165) is 17.1 Å². The number of rotatable bonds is 2. The lowest BCUT2D eigenvalue weighted by Gasteiger charge is -2.03. The molecule has 0 aliphatic heterocycles. The van der Waals surface area contributed by atoms with Gasteiger partial charge in [0.25, 0.3) is 0 Å². The van der Waals surface area contributed by atoms with E-state index in [4.69, 9.17) is 0 Å². The van der Waals surface area contributed by atoms with E-state index >= 15 is 0 Å². The van der Waals surface area contributed by atoms with E-state index in [1.807, 2.05) is 18.5 Å². The van der Waals surface area contributed by atoms with Crippen LogP contribution in [0.3, 0.4) is 0 Å². The molecule has 66 valence electrons. The highest BCUT2D eigenvalue weighted by Crippen LogP contribution is 2.24. The van der Waals surface area contributed by atoms with Crippen molar-refractivity contribution < 1.29 is 0 Å². The number of nitrogens with zero attached hydrogens (tertiary/aromatic N) is 2. The summed E-state index contributed by atoms with van der Waals surface area (Å²) in [5, 5.41) is 7.11. The molecule has 0 saturated carbocycles. The molecule has 0 amide bonds.